The molecule has 1 fully saturated rings. The second kappa shape index (κ2) is 7.90. The van der Waals surface area contributed by atoms with E-state index in [9.17, 15) is 9.59 Å². The Kier molecular flexibility index (Phi) is 5.16. The number of rotatable bonds is 6. The maximum absolute atomic E-state index is 12.5. The Morgan fingerprint density at radius 1 is 1.21 bits per heavy atom. The van der Waals surface area contributed by atoms with E-state index in [4.69, 9.17) is 9.47 Å². The smallest absolute Gasteiger partial charge is 0.329 e. The number of nitrogens with zero attached hydrogens (tertiary/aromatic N) is 2. The molecule has 1 saturated heterocycles. The van der Waals surface area contributed by atoms with Crippen LogP contribution in [0, 0.1) is 0 Å². The van der Waals surface area contributed by atoms with Crippen molar-refractivity contribution in [3.63, 3.8) is 0 Å². The molecule has 1 N–H and O–H groups in total. The molecule has 1 unspecified atom stereocenters. The fraction of sp³-hybridized carbons (Fsp3) is 0.333. The summed E-state index contributed by atoms with van der Waals surface area (Å²) in [6.07, 6.45) is 2.21. The van der Waals surface area contributed by atoms with Gasteiger partial charge >= 0.3 is 5.69 Å². The molecule has 28 heavy (non-hydrogen) atoms. The quantitative estimate of drug-likeness (QED) is 0.712. The summed E-state index contributed by atoms with van der Waals surface area (Å²) in [7, 11) is 1.70. The molecule has 2 heterocycles. The highest BCUT2D eigenvalue weighted by atomic mass is 16.5. The molecule has 0 saturated carbocycles. The normalized spacial score (nSPS) is 16.4. The van der Waals surface area contributed by atoms with E-state index in [1.54, 1.807) is 23.7 Å². The van der Waals surface area contributed by atoms with Crippen molar-refractivity contribution in [1.29, 1.82) is 0 Å². The Morgan fingerprint density at radius 2 is 2.04 bits per heavy atom. The van der Waals surface area contributed by atoms with Gasteiger partial charge in [0.05, 0.1) is 17.1 Å². The van der Waals surface area contributed by atoms with Gasteiger partial charge in [0.15, 0.2) is 0 Å². The van der Waals surface area contributed by atoms with E-state index in [1.165, 1.54) is 4.57 Å². The zero-order valence-corrected chi connectivity index (χ0v) is 15.8. The molecule has 0 bridgehead atoms. The van der Waals surface area contributed by atoms with Crippen LogP contribution in [-0.4, -0.2) is 34.4 Å². The third-order valence-corrected chi connectivity index (χ3v) is 4.93. The molecule has 2 aromatic carbocycles. The van der Waals surface area contributed by atoms with Crippen LogP contribution >= 0.6 is 0 Å². The number of para-hydroxylation sites is 2. The molecule has 0 aliphatic carbocycles. The van der Waals surface area contributed by atoms with E-state index in [2.05, 4.69) is 5.32 Å². The number of hydrogen-bond donors (Lipinski definition) is 1. The van der Waals surface area contributed by atoms with Gasteiger partial charge in [-0.15, -0.1) is 0 Å². The van der Waals surface area contributed by atoms with Crippen molar-refractivity contribution in [3.05, 3.63) is 59.0 Å². The summed E-state index contributed by atoms with van der Waals surface area (Å²) in [4.78, 5) is 25.0. The van der Waals surface area contributed by atoms with Crippen LogP contribution in [0.3, 0.4) is 0 Å². The van der Waals surface area contributed by atoms with Crippen LogP contribution in [0.1, 0.15) is 12.8 Å². The minimum absolute atomic E-state index is 0.0544. The lowest BCUT2D eigenvalue weighted by atomic mass is 10.2. The summed E-state index contributed by atoms with van der Waals surface area (Å²) in [6.45, 7) is 1.24. The van der Waals surface area contributed by atoms with Crippen molar-refractivity contribution in [2.75, 3.05) is 18.5 Å². The van der Waals surface area contributed by atoms with E-state index < -0.39 is 0 Å². The lowest BCUT2D eigenvalue weighted by Crippen LogP contribution is -2.28. The third kappa shape index (κ3) is 3.80. The Balaban J connectivity index is 1.43. The van der Waals surface area contributed by atoms with Gasteiger partial charge in [0.25, 0.3) is 0 Å². The number of nitrogens with one attached hydrogen (secondary N) is 1. The Labute approximate surface area is 162 Å². The monoisotopic (exact) mass is 381 g/mol. The molecule has 0 radical (unpaired) electrons. The van der Waals surface area contributed by atoms with Gasteiger partial charge in [0.1, 0.15) is 18.9 Å². The van der Waals surface area contributed by atoms with Gasteiger partial charge in [0, 0.05) is 25.4 Å². The molecule has 1 amide bonds. The van der Waals surface area contributed by atoms with Gasteiger partial charge in [-0.3, -0.25) is 13.9 Å². The maximum atomic E-state index is 12.5. The highest BCUT2D eigenvalue weighted by Crippen LogP contribution is 2.20. The van der Waals surface area contributed by atoms with Gasteiger partial charge in [-0.2, -0.15) is 0 Å². The second-order valence-electron chi connectivity index (χ2n) is 6.94. The molecule has 146 valence electrons. The van der Waals surface area contributed by atoms with Gasteiger partial charge < -0.3 is 14.8 Å². The molecule has 1 aliphatic rings. The Morgan fingerprint density at radius 3 is 2.82 bits per heavy atom. The largest absolute Gasteiger partial charge is 0.491 e. The topological polar surface area (TPSA) is 74.5 Å². The summed E-state index contributed by atoms with van der Waals surface area (Å²) < 4.78 is 14.3. The number of aromatic nitrogens is 2. The fourth-order valence-corrected chi connectivity index (χ4v) is 3.49. The lowest BCUT2D eigenvalue weighted by molar-refractivity contribution is -0.116. The van der Waals surface area contributed by atoms with Gasteiger partial charge in [0.2, 0.25) is 5.91 Å². The van der Waals surface area contributed by atoms with Crippen molar-refractivity contribution in [1.82, 2.24) is 9.13 Å². The molecular weight excluding hydrogens is 358 g/mol. The zero-order chi connectivity index (χ0) is 19.5. The van der Waals surface area contributed by atoms with Crippen LogP contribution in [0.4, 0.5) is 5.69 Å². The highest BCUT2D eigenvalue weighted by Gasteiger charge is 2.16. The molecule has 1 atom stereocenters. The second-order valence-corrected chi connectivity index (χ2v) is 6.94. The van der Waals surface area contributed by atoms with Crippen LogP contribution in [0.5, 0.6) is 5.75 Å². The minimum atomic E-state index is -0.269. The standard InChI is InChI=1S/C21H23N3O4/c1-23-18-9-2-3-10-19(18)24(21(23)26)13-20(25)22-15-6-4-7-16(12-15)28-14-17-8-5-11-27-17/h2-4,6-7,9-10,12,17H,5,8,11,13-14H2,1H3,(H,22,25). The molecule has 7 heteroatoms. The van der Waals surface area contributed by atoms with Crippen LogP contribution < -0.4 is 15.7 Å². The van der Waals surface area contributed by atoms with Gasteiger partial charge in [-0.25, -0.2) is 4.79 Å². The number of aryl methyl sites for hydroxylation is 1. The summed E-state index contributed by atoms with van der Waals surface area (Å²) in [5.74, 6) is 0.408. The number of benzene rings is 2. The van der Waals surface area contributed by atoms with Crippen molar-refractivity contribution >= 4 is 22.6 Å². The SMILES string of the molecule is Cn1c(=O)n(CC(=O)Nc2cccc(OCC3CCCO3)c2)c2ccccc21. The lowest BCUT2D eigenvalue weighted by Gasteiger charge is -2.12. The number of fused-ring (bicyclic) bond motifs is 1. The molecular formula is C21H23N3O4. The molecule has 4 rings (SSSR count). The first-order chi connectivity index (χ1) is 13.6. The number of amides is 1. The number of imidazole rings is 1. The zero-order valence-electron chi connectivity index (χ0n) is 15.8. The van der Waals surface area contributed by atoms with E-state index >= 15 is 0 Å². The van der Waals surface area contributed by atoms with Crippen molar-refractivity contribution in [2.24, 2.45) is 7.05 Å². The van der Waals surface area contributed by atoms with Gasteiger partial charge in [-0.05, 0) is 37.1 Å². The number of hydrogen-bond acceptors (Lipinski definition) is 4. The number of ether oxygens (including phenoxy) is 2. The highest BCUT2D eigenvalue weighted by molar-refractivity contribution is 5.91. The van der Waals surface area contributed by atoms with Crippen molar-refractivity contribution in [2.45, 2.75) is 25.5 Å². The molecule has 1 aliphatic heterocycles. The summed E-state index contributed by atoms with van der Waals surface area (Å²) in [5, 5.41) is 2.84. The Hall–Kier alpha value is -3.06. The fourth-order valence-electron chi connectivity index (χ4n) is 3.49. The number of anilines is 1. The van der Waals surface area contributed by atoms with E-state index in [0.29, 0.717) is 18.0 Å². The van der Waals surface area contributed by atoms with E-state index in [1.807, 2.05) is 36.4 Å². The first-order valence-electron chi connectivity index (χ1n) is 9.40. The molecule has 3 aromatic rings. The molecule has 1 aromatic heterocycles. The third-order valence-electron chi connectivity index (χ3n) is 4.93. The molecule has 7 nitrogen and oxygen atoms in total. The van der Waals surface area contributed by atoms with Crippen molar-refractivity contribution in [3.8, 4) is 5.75 Å². The predicted octanol–water partition coefficient (Wildman–Crippen LogP) is 2.54. The summed E-state index contributed by atoms with van der Waals surface area (Å²) in [6, 6.07) is 14.7. The van der Waals surface area contributed by atoms with Gasteiger partial charge in [-0.1, -0.05) is 18.2 Å². The predicted molar refractivity (Wildman–Crippen MR) is 107 cm³/mol. The summed E-state index contributed by atoms with van der Waals surface area (Å²) in [5.41, 5.74) is 1.94. The maximum Gasteiger partial charge on any atom is 0.329 e. The number of carbonyl (C=O) groups is 1. The van der Waals surface area contributed by atoms with Crippen LogP contribution in [0.15, 0.2) is 53.3 Å². The van der Waals surface area contributed by atoms with Crippen LogP contribution in [0.2, 0.25) is 0 Å². The Bertz CT molecular complexity index is 1050. The molecule has 0 spiro atoms. The average Bonchev–Trinajstić information content (AvgIpc) is 3.30. The van der Waals surface area contributed by atoms with Crippen LogP contribution in [-0.2, 0) is 23.1 Å². The first kappa shape index (κ1) is 18.3. The van der Waals surface area contributed by atoms with Crippen molar-refractivity contribution < 1.29 is 14.3 Å². The minimum Gasteiger partial charge on any atom is -0.491 e. The average molecular weight is 381 g/mol. The summed E-state index contributed by atoms with van der Waals surface area (Å²) >= 11 is 0. The van der Waals surface area contributed by atoms with Crippen LogP contribution in [0.25, 0.3) is 11.0 Å². The number of carbonyl (C=O) groups excluding carboxylic acids is 1. The first-order valence-corrected chi connectivity index (χ1v) is 9.40. The van der Waals surface area contributed by atoms with E-state index in [0.717, 1.165) is 30.5 Å². The van der Waals surface area contributed by atoms with E-state index in [-0.39, 0.29) is 24.2 Å².